The van der Waals surface area contributed by atoms with Crippen LogP contribution in [0, 0.1) is 10.1 Å². The Morgan fingerprint density at radius 1 is 1.50 bits per heavy atom. The van der Waals surface area contributed by atoms with Crippen molar-refractivity contribution in [2.24, 2.45) is 0 Å². The number of non-ortho nitro benzene ring substituents is 1. The first-order valence-corrected chi connectivity index (χ1v) is 4.64. The van der Waals surface area contributed by atoms with Crippen LogP contribution < -0.4 is 0 Å². The standard InChI is InChI=1S/C10H10ClNO2/c1-8(7-11)6-9-2-4-10(5-3-9)12(13)14/h2-6H,7H2,1H3. The molecule has 1 aromatic carbocycles. The van der Waals surface area contributed by atoms with Crippen LogP contribution in [-0.4, -0.2) is 10.8 Å². The van der Waals surface area contributed by atoms with E-state index < -0.39 is 4.92 Å². The number of hydrogen-bond acceptors (Lipinski definition) is 2. The largest absolute Gasteiger partial charge is 0.269 e. The van der Waals surface area contributed by atoms with Gasteiger partial charge in [0.1, 0.15) is 0 Å². The third kappa shape index (κ3) is 2.85. The molecule has 74 valence electrons. The molecule has 0 spiro atoms. The summed E-state index contributed by atoms with van der Waals surface area (Å²) in [6, 6.07) is 6.36. The van der Waals surface area contributed by atoms with Crippen LogP contribution in [0.1, 0.15) is 12.5 Å². The Morgan fingerprint density at radius 3 is 2.50 bits per heavy atom. The summed E-state index contributed by atoms with van der Waals surface area (Å²) in [5, 5.41) is 10.4. The number of allylic oxidation sites excluding steroid dienone is 1. The first kappa shape index (κ1) is 10.7. The molecule has 0 fully saturated rings. The molecule has 0 aliphatic rings. The second kappa shape index (κ2) is 4.77. The highest BCUT2D eigenvalue weighted by Gasteiger charge is 2.02. The van der Waals surface area contributed by atoms with Gasteiger partial charge in [-0.25, -0.2) is 0 Å². The molecule has 0 unspecified atom stereocenters. The topological polar surface area (TPSA) is 43.1 Å². The van der Waals surface area contributed by atoms with Crippen LogP contribution in [0.25, 0.3) is 6.08 Å². The smallest absolute Gasteiger partial charge is 0.258 e. The van der Waals surface area contributed by atoms with Crippen molar-refractivity contribution >= 4 is 23.4 Å². The van der Waals surface area contributed by atoms with Crippen molar-refractivity contribution < 1.29 is 4.92 Å². The van der Waals surface area contributed by atoms with Gasteiger partial charge in [-0.3, -0.25) is 10.1 Å². The van der Waals surface area contributed by atoms with Gasteiger partial charge in [-0.2, -0.15) is 0 Å². The van der Waals surface area contributed by atoms with Crippen molar-refractivity contribution in [2.45, 2.75) is 6.92 Å². The normalized spacial score (nSPS) is 11.4. The van der Waals surface area contributed by atoms with Gasteiger partial charge in [0.25, 0.3) is 5.69 Å². The van der Waals surface area contributed by atoms with Crippen LogP contribution in [0.4, 0.5) is 5.69 Å². The van der Waals surface area contributed by atoms with Gasteiger partial charge in [0.05, 0.1) is 4.92 Å². The van der Waals surface area contributed by atoms with Crippen molar-refractivity contribution in [1.82, 2.24) is 0 Å². The minimum atomic E-state index is -0.415. The molecule has 3 nitrogen and oxygen atoms in total. The highest BCUT2D eigenvalue weighted by atomic mass is 35.5. The van der Waals surface area contributed by atoms with E-state index in [-0.39, 0.29) is 5.69 Å². The SMILES string of the molecule is CC(=Cc1ccc([N+](=O)[O-])cc1)CCl. The molecule has 0 bridgehead atoms. The maximum atomic E-state index is 10.4. The maximum Gasteiger partial charge on any atom is 0.269 e. The lowest BCUT2D eigenvalue weighted by atomic mass is 10.1. The lowest BCUT2D eigenvalue weighted by molar-refractivity contribution is -0.384. The summed E-state index contributed by atoms with van der Waals surface area (Å²) >= 11 is 5.61. The van der Waals surface area contributed by atoms with Gasteiger partial charge in [0.2, 0.25) is 0 Å². The Kier molecular flexibility index (Phi) is 3.65. The van der Waals surface area contributed by atoms with Gasteiger partial charge in [-0.15, -0.1) is 11.6 Å². The first-order valence-electron chi connectivity index (χ1n) is 4.11. The van der Waals surface area contributed by atoms with Gasteiger partial charge in [0.15, 0.2) is 0 Å². The molecule has 0 saturated carbocycles. The summed E-state index contributed by atoms with van der Waals surface area (Å²) in [4.78, 5) is 9.94. The second-order valence-corrected chi connectivity index (χ2v) is 3.24. The van der Waals surface area contributed by atoms with Crippen LogP contribution in [-0.2, 0) is 0 Å². The number of nitro benzene ring substituents is 1. The molecular formula is C10H10ClNO2. The zero-order chi connectivity index (χ0) is 10.6. The van der Waals surface area contributed by atoms with Crippen molar-refractivity contribution in [3.05, 3.63) is 45.5 Å². The van der Waals surface area contributed by atoms with E-state index in [4.69, 9.17) is 11.6 Å². The number of halogens is 1. The van der Waals surface area contributed by atoms with Crippen molar-refractivity contribution in [1.29, 1.82) is 0 Å². The van der Waals surface area contributed by atoms with Crippen LogP contribution >= 0.6 is 11.6 Å². The van der Waals surface area contributed by atoms with Crippen molar-refractivity contribution in [3.8, 4) is 0 Å². The number of nitrogens with zero attached hydrogens (tertiary/aromatic N) is 1. The third-order valence-corrected chi connectivity index (χ3v) is 2.15. The lowest BCUT2D eigenvalue weighted by Crippen LogP contribution is -1.87. The Morgan fingerprint density at radius 2 is 2.07 bits per heavy atom. The predicted molar refractivity (Wildman–Crippen MR) is 57.5 cm³/mol. The fraction of sp³-hybridized carbons (Fsp3) is 0.200. The Labute approximate surface area is 87.2 Å². The average Bonchev–Trinajstić information content (AvgIpc) is 2.18. The third-order valence-electron chi connectivity index (χ3n) is 1.73. The molecule has 0 atom stereocenters. The van der Waals surface area contributed by atoms with E-state index in [1.54, 1.807) is 12.1 Å². The van der Waals surface area contributed by atoms with Gasteiger partial charge in [-0.05, 0) is 24.6 Å². The summed E-state index contributed by atoms with van der Waals surface area (Å²) in [7, 11) is 0. The van der Waals surface area contributed by atoms with Crippen LogP contribution in [0.5, 0.6) is 0 Å². The molecule has 1 aromatic rings. The van der Waals surface area contributed by atoms with Gasteiger partial charge in [-0.1, -0.05) is 11.6 Å². The van der Waals surface area contributed by atoms with E-state index in [0.717, 1.165) is 11.1 Å². The van der Waals surface area contributed by atoms with E-state index >= 15 is 0 Å². The van der Waals surface area contributed by atoms with E-state index in [1.165, 1.54) is 12.1 Å². The van der Waals surface area contributed by atoms with Gasteiger partial charge in [0, 0.05) is 18.0 Å². The molecule has 14 heavy (non-hydrogen) atoms. The first-order chi connectivity index (χ1) is 6.63. The number of alkyl halides is 1. The molecule has 0 aromatic heterocycles. The maximum absolute atomic E-state index is 10.4. The monoisotopic (exact) mass is 211 g/mol. The van der Waals surface area contributed by atoms with E-state index in [1.807, 2.05) is 13.0 Å². The molecule has 0 radical (unpaired) electrons. The van der Waals surface area contributed by atoms with Crippen LogP contribution in [0.2, 0.25) is 0 Å². The quantitative estimate of drug-likeness (QED) is 0.438. The molecule has 0 heterocycles. The number of rotatable bonds is 3. The zero-order valence-corrected chi connectivity index (χ0v) is 8.49. The minimum absolute atomic E-state index is 0.102. The van der Waals surface area contributed by atoms with E-state index in [2.05, 4.69) is 0 Å². The number of hydrogen-bond donors (Lipinski definition) is 0. The molecule has 1 rings (SSSR count). The summed E-state index contributed by atoms with van der Waals surface area (Å²) in [6.45, 7) is 1.91. The van der Waals surface area contributed by atoms with Crippen molar-refractivity contribution in [3.63, 3.8) is 0 Å². The molecular weight excluding hydrogens is 202 g/mol. The summed E-state index contributed by atoms with van der Waals surface area (Å²) in [6.07, 6.45) is 1.90. The molecule has 0 aliphatic heterocycles. The molecule has 0 aliphatic carbocycles. The highest BCUT2D eigenvalue weighted by molar-refractivity contribution is 6.19. The Hall–Kier alpha value is -1.35. The van der Waals surface area contributed by atoms with Crippen LogP contribution in [0.15, 0.2) is 29.8 Å². The van der Waals surface area contributed by atoms with E-state index in [9.17, 15) is 10.1 Å². The molecule has 0 amide bonds. The van der Waals surface area contributed by atoms with Gasteiger partial charge >= 0.3 is 0 Å². The van der Waals surface area contributed by atoms with Crippen molar-refractivity contribution in [2.75, 3.05) is 5.88 Å². The second-order valence-electron chi connectivity index (χ2n) is 2.97. The van der Waals surface area contributed by atoms with Gasteiger partial charge < -0.3 is 0 Å². The fourth-order valence-electron chi connectivity index (χ4n) is 1.02. The Balaban J connectivity index is 2.89. The number of benzene rings is 1. The van der Waals surface area contributed by atoms with E-state index in [0.29, 0.717) is 5.88 Å². The molecule has 4 heteroatoms. The molecule has 0 saturated heterocycles. The summed E-state index contributed by atoms with van der Waals surface area (Å²) in [5.74, 6) is 0.469. The predicted octanol–water partition coefficient (Wildman–Crippen LogP) is 3.24. The van der Waals surface area contributed by atoms with Crippen LogP contribution in [0.3, 0.4) is 0 Å². The summed E-state index contributed by atoms with van der Waals surface area (Å²) < 4.78 is 0. The number of nitro groups is 1. The fourth-order valence-corrected chi connectivity index (χ4v) is 1.09. The Bertz CT molecular complexity index is 357. The zero-order valence-electron chi connectivity index (χ0n) is 7.74. The lowest BCUT2D eigenvalue weighted by Gasteiger charge is -1.96. The molecule has 0 N–H and O–H groups in total. The minimum Gasteiger partial charge on any atom is -0.258 e. The average molecular weight is 212 g/mol. The highest BCUT2D eigenvalue weighted by Crippen LogP contribution is 2.14. The summed E-state index contributed by atoms with van der Waals surface area (Å²) in [5.41, 5.74) is 2.06.